The molecule has 3 aromatic rings. The number of rotatable bonds is 7. The molecule has 1 saturated heterocycles. The van der Waals surface area contributed by atoms with Crippen LogP contribution in [0, 0.1) is 6.92 Å². The van der Waals surface area contributed by atoms with Gasteiger partial charge in [0.05, 0.1) is 20.3 Å². The van der Waals surface area contributed by atoms with E-state index in [1.807, 2.05) is 61.5 Å². The normalized spacial score (nSPS) is 15.8. The number of aromatic nitrogens is 1. The highest BCUT2D eigenvalue weighted by molar-refractivity contribution is 5.58. The first kappa shape index (κ1) is 20.0. The zero-order chi connectivity index (χ0) is 20.9. The highest BCUT2D eigenvalue weighted by atomic mass is 16.5. The topological polar surface area (TPSA) is 64.1 Å². The van der Waals surface area contributed by atoms with Gasteiger partial charge in [-0.15, -0.1) is 0 Å². The third kappa shape index (κ3) is 4.33. The number of pyridine rings is 1. The average molecular weight is 406 g/mol. The van der Waals surface area contributed by atoms with Crippen LogP contribution in [0.2, 0.25) is 0 Å². The summed E-state index contributed by atoms with van der Waals surface area (Å²) < 4.78 is 17.4. The van der Waals surface area contributed by atoms with Crippen LogP contribution in [0.1, 0.15) is 17.5 Å². The lowest BCUT2D eigenvalue weighted by Gasteiger charge is -2.22. The van der Waals surface area contributed by atoms with Crippen LogP contribution in [0.5, 0.6) is 23.1 Å². The zero-order valence-corrected chi connectivity index (χ0v) is 17.2. The molecule has 0 bridgehead atoms. The minimum Gasteiger partial charge on any atom is -0.493 e. The van der Waals surface area contributed by atoms with Crippen molar-refractivity contribution in [3.05, 3.63) is 71.9 Å². The fourth-order valence-corrected chi connectivity index (χ4v) is 3.69. The number of para-hydroxylation sites is 2. The summed E-state index contributed by atoms with van der Waals surface area (Å²) in [7, 11) is 1.61. The Hall–Kier alpha value is -3.25. The first-order chi connectivity index (χ1) is 14.7. The van der Waals surface area contributed by atoms with Gasteiger partial charge in [0, 0.05) is 36.0 Å². The fourth-order valence-electron chi connectivity index (χ4n) is 3.69. The summed E-state index contributed by atoms with van der Waals surface area (Å²) in [6.45, 7) is 3.53. The smallest absolute Gasteiger partial charge is 0.216 e. The van der Waals surface area contributed by atoms with Crippen molar-refractivity contribution in [1.82, 2.24) is 4.98 Å². The predicted molar refractivity (Wildman–Crippen MR) is 116 cm³/mol. The molecule has 1 aliphatic rings. The summed E-state index contributed by atoms with van der Waals surface area (Å²) >= 11 is 0. The maximum atomic E-state index is 9.96. The molecule has 1 N–H and O–H groups in total. The molecule has 0 radical (unpaired) electrons. The van der Waals surface area contributed by atoms with Crippen molar-refractivity contribution in [2.45, 2.75) is 26.1 Å². The van der Waals surface area contributed by atoms with Crippen LogP contribution in [-0.4, -0.2) is 36.4 Å². The van der Waals surface area contributed by atoms with Crippen LogP contribution in [0.3, 0.4) is 0 Å². The number of benzene rings is 2. The number of aliphatic hydroxyl groups is 1. The Morgan fingerprint density at radius 2 is 1.93 bits per heavy atom. The molecule has 156 valence electrons. The lowest BCUT2D eigenvalue weighted by Crippen LogP contribution is -2.25. The van der Waals surface area contributed by atoms with E-state index in [4.69, 9.17) is 14.2 Å². The average Bonchev–Trinajstić information content (AvgIpc) is 3.24. The Kier molecular flexibility index (Phi) is 6.05. The molecule has 6 heteroatoms. The van der Waals surface area contributed by atoms with Crippen LogP contribution >= 0.6 is 0 Å². The molecule has 0 aliphatic carbocycles. The maximum Gasteiger partial charge on any atom is 0.216 e. The summed E-state index contributed by atoms with van der Waals surface area (Å²) in [4.78, 5) is 6.57. The van der Waals surface area contributed by atoms with Crippen molar-refractivity contribution in [3.63, 3.8) is 0 Å². The summed E-state index contributed by atoms with van der Waals surface area (Å²) in [5, 5.41) is 9.96. The summed E-state index contributed by atoms with van der Waals surface area (Å²) in [5.41, 5.74) is 2.84. The molecule has 6 nitrogen and oxygen atoms in total. The first-order valence-electron chi connectivity index (χ1n) is 10.1. The van der Waals surface area contributed by atoms with Crippen molar-refractivity contribution in [2.24, 2.45) is 0 Å². The zero-order valence-electron chi connectivity index (χ0n) is 17.2. The van der Waals surface area contributed by atoms with Gasteiger partial charge in [0.25, 0.3) is 0 Å². The minimum atomic E-state index is -0.0696. The van der Waals surface area contributed by atoms with Crippen molar-refractivity contribution in [3.8, 4) is 23.1 Å². The number of ether oxygens (including phenoxy) is 3. The standard InChI is InChI=1S/C24H26N2O4/c1-17-6-5-12-25-24(17)30-20-11-13-26(15-20)21-10-9-19(14-18(21)16-27)29-23-8-4-3-7-22(23)28-2/h3-10,12,14,20,27H,11,13,15-16H2,1-2H3/t20-/m0/s1. The van der Waals surface area contributed by atoms with Crippen LogP contribution in [0.15, 0.2) is 60.8 Å². The Labute approximate surface area is 176 Å². The van der Waals surface area contributed by atoms with Gasteiger partial charge < -0.3 is 24.2 Å². The highest BCUT2D eigenvalue weighted by Gasteiger charge is 2.26. The van der Waals surface area contributed by atoms with Crippen molar-refractivity contribution < 1.29 is 19.3 Å². The largest absolute Gasteiger partial charge is 0.493 e. The Balaban J connectivity index is 1.47. The molecule has 4 rings (SSSR count). The van der Waals surface area contributed by atoms with Crippen LogP contribution in [0.25, 0.3) is 0 Å². The number of anilines is 1. The van der Waals surface area contributed by atoms with E-state index in [0.29, 0.717) is 23.1 Å². The SMILES string of the molecule is COc1ccccc1Oc1ccc(N2CC[C@H](Oc3ncccc3C)C2)c(CO)c1. The number of aryl methyl sites for hydroxylation is 1. The van der Waals surface area contributed by atoms with Gasteiger partial charge in [0.15, 0.2) is 11.5 Å². The molecular formula is C24H26N2O4. The van der Waals surface area contributed by atoms with Gasteiger partial charge in [-0.2, -0.15) is 0 Å². The second-order valence-corrected chi connectivity index (χ2v) is 7.30. The Morgan fingerprint density at radius 3 is 2.70 bits per heavy atom. The van der Waals surface area contributed by atoms with Crippen molar-refractivity contribution in [2.75, 3.05) is 25.1 Å². The van der Waals surface area contributed by atoms with E-state index in [1.54, 1.807) is 13.3 Å². The number of hydrogen-bond donors (Lipinski definition) is 1. The van der Waals surface area contributed by atoms with E-state index in [-0.39, 0.29) is 12.7 Å². The van der Waals surface area contributed by atoms with Crippen molar-refractivity contribution >= 4 is 5.69 Å². The highest BCUT2D eigenvalue weighted by Crippen LogP contribution is 2.34. The van der Waals surface area contributed by atoms with Gasteiger partial charge >= 0.3 is 0 Å². The number of nitrogens with zero attached hydrogens (tertiary/aromatic N) is 2. The van der Waals surface area contributed by atoms with Gasteiger partial charge in [-0.05, 0) is 43.3 Å². The van der Waals surface area contributed by atoms with Crippen LogP contribution in [-0.2, 0) is 6.61 Å². The number of aliphatic hydroxyl groups excluding tert-OH is 1. The van der Waals surface area contributed by atoms with E-state index in [2.05, 4.69) is 9.88 Å². The van der Waals surface area contributed by atoms with E-state index < -0.39 is 0 Å². The van der Waals surface area contributed by atoms with E-state index in [0.717, 1.165) is 36.3 Å². The first-order valence-corrected chi connectivity index (χ1v) is 10.1. The van der Waals surface area contributed by atoms with Crippen molar-refractivity contribution in [1.29, 1.82) is 0 Å². The van der Waals surface area contributed by atoms with Crippen LogP contribution in [0.4, 0.5) is 5.69 Å². The van der Waals surface area contributed by atoms with E-state index in [9.17, 15) is 5.11 Å². The molecule has 0 amide bonds. The molecule has 0 spiro atoms. The maximum absolute atomic E-state index is 9.96. The van der Waals surface area contributed by atoms with Gasteiger partial charge in [-0.3, -0.25) is 0 Å². The summed E-state index contributed by atoms with van der Waals surface area (Å²) in [6.07, 6.45) is 2.72. The molecule has 1 atom stereocenters. The summed E-state index contributed by atoms with van der Waals surface area (Å²) in [6, 6.07) is 17.2. The van der Waals surface area contributed by atoms with Gasteiger partial charge in [-0.1, -0.05) is 18.2 Å². The van der Waals surface area contributed by atoms with Gasteiger partial charge in [0.1, 0.15) is 11.9 Å². The third-order valence-electron chi connectivity index (χ3n) is 5.24. The van der Waals surface area contributed by atoms with E-state index in [1.165, 1.54) is 0 Å². The lowest BCUT2D eigenvalue weighted by atomic mass is 10.1. The molecule has 2 aromatic carbocycles. The molecular weight excluding hydrogens is 380 g/mol. The predicted octanol–water partition coefficient (Wildman–Crippen LogP) is 4.34. The van der Waals surface area contributed by atoms with Gasteiger partial charge in [0.2, 0.25) is 5.88 Å². The lowest BCUT2D eigenvalue weighted by molar-refractivity contribution is 0.214. The molecule has 0 saturated carbocycles. The Morgan fingerprint density at radius 1 is 1.10 bits per heavy atom. The molecule has 30 heavy (non-hydrogen) atoms. The monoisotopic (exact) mass is 406 g/mol. The van der Waals surface area contributed by atoms with Gasteiger partial charge in [-0.25, -0.2) is 4.98 Å². The molecule has 1 fully saturated rings. The minimum absolute atomic E-state index is 0.0645. The molecule has 0 unspecified atom stereocenters. The van der Waals surface area contributed by atoms with E-state index >= 15 is 0 Å². The third-order valence-corrected chi connectivity index (χ3v) is 5.24. The number of hydrogen-bond acceptors (Lipinski definition) is 6. The quantitative estimate of drug-likeness (QED) is 0.630. The number of methoxy groups -OCH3 is 1. The second-order valence-electron chi connectivity index (χ2n) is 7.30. The molecule has 1 aromatic heterocycles. The molecule has 2 heterocycles. The second kappa shape index (κ2) is 9.05. The fraction of sp³-hybridized carbons (Fsp3) is 0.292. The summed E-state index contributed by atoms with van der Waals surface area (Å²) in [5.74, 6) is 2.64. The van der Waals surface area contributed by atoms with Crippen LogP contribution < -0.4 is 19.1 Å². The molecule has 1 aliphatic heterocycles. The Bertz CT molecular complexity index is 1010.